The summed E-state index contributed by atoms with van der Waals surface area (Å²) in [5.41, 5.74) is 1.56. The molecule has 1 saturated heterocycles. The number of carbonyl (C=O) groups excluding carboxylic acids is 1. The molecule has 122 valence electrons. The van der Waals surface area contributed by atoms with Crippen LogP contribution in [0.15, 0.2) is 0 Å². The number of carboxylic acid groups (broad SMARTS) is 1. The maximum absolute atomic E-state index is 12.3. The fraction of sp³-hybridized carbons (Fsp3) is 0.643. The number of amides is 1. The smallest absolute Gasteiger partial charge is 0.305 e. The molecule has 0 aliphatic carbocycles. The zero-order chi connectivity index (χ0) is 16.3. The molecule has 1 N–H and O–H groups in total. The molecule has 1 aromatic rings. The molecule has 2 rings (SSSR count). The van der Waals surface area contributed by atoms with Crippen molar-refractivity contribution in [1.29, 1.82) is 0 Å². The third kappa shape index (κ3) is 3.56. The summed E-state index contributed by atoms with van der Waals surface area (Å²) >= 11 is 0. The molecule has 8 heteroatoms. The largest absolute Gasteiger partial charge is 0.481 e. The van der Waals surface area contributed by atoms with Crippen LogP contribution < -0.4 is 4.74 Å². The number of nitrogens with zero attached hydrogens (tertiary/aromatic N) is 3. The van der Waals surface area contributed by atoms with Crippen molar-refractivity contribution < 1.29 is 24.2 Å². The lowest BCUT2D eigenvalue weighted by atomic mass is 10.1. The van der Waals surface area contributed by atoms with Crippen molar-refractivity contribution in [3.8, 4) is 5.75 Å². The molecule has 1 unspecified atom stereocenters. The summed E-state index contributed by atoms with van der Waals surface area (Å²) in [6.07, 6.45) is -0.128. The second kappa shape index (κ2) is 6.78. The van der Waals surface area contributed by atoms with E-state index in [0.29, 0.717) is 18.9 Å². The van der Waals surface area contributed by atoms with Crippen LogP contribution in [0.25, 0.3) is 0 Å². The maximum atomic E-state index is 12.3. The molecule has 0 aromatic carbocycles. The van der Waals surface area contributed by atoms with Crippen molar-refractivity contribution >= 4 is 11.9 Å². The quantitative estimate of drug-likeness (QED) is 0.830. The van der Waals surface area contributed by atoms with E-state index < -0.39 is 12.0 Å². The van der Waals surface area contributed by atoms with Gasteiger partial charge in [-0.05, 0) is 13.8 Å². The van der Waals surface area contributed by atoms with E-state index in [-0.39, 0.29) is 25.5 Å². The predicted molar refractivity (Wildman–Crippen MR) is 76.7 cm³/mol. The van der Waals surface area contributed by atoms with E-state index in [1.165, 1.54) is 4.90 Å². The number of carboxylic acids is 1. The van der Waals surface area contributed by atoms with Gasteiger partial charge in [-0.2, -0.15) is 5.10 Å². The molecule has 8 nitrogen and oxygen atoms in total. The van der Waals surface area contributed by atoms with Crippen LogP contribution >= 0.6 is 0 Å². The Hall–Kier alpha value is -2.09. The molecule has 1 aromatic heterocycles. The molecule has 2 heterocycles. The number of hydrogen-bond donors (Lipinski definition) is 1. The zero-order valence-electron chi connectivity index (χ0n) is 13.0. The predicted octanol–water partition coefficient (Wildman–Crippen LogP) is 0.118. The second-order valence-electron chi connectivity index (χ2n) is 5.33. The van der Waals surface area contributed by atoms with Crippen LogP contribution in [0.2, 0.25) is 0 Å². The van der Waals surface area contributed by atoms with Gasteiger partial charge in [0.25, 0.3) is 5.91 Å². The van der Waals surface area contributed by atoms with Crippen LogP contribution in [-0.2, 0) is 21.4 Å². The molecule has 0 radical (unpaired) electrons. The van der Waals surface area contributed by atoms with Gasteiger partial charge in [0.2, 0.25) is 0 Å². The number of hydrogen-bond acceptors (Lipinski definition) is 5. The van der Waals surface area contributed by atoms with Gasteiger partial charge in [-0.15, -0.1) is 0 Å². The Morgan fingerprint density at radius 2 is 2.18 bits per heavy atom. The zero-order valence-corrected chi connectivity index (χ0v) is 13.0. The number of aromatic nitrogens is 2. The molecular formula is C14H21N3O5. The Balaban J connectivity index is 1.99. The van der Waals surface area contributed by atoms with Crippen LogP contribution in [0.1, 0.15) is 17.8 Å². The molecule has 1 aliphatic heterocycles. The minimum absolute atomic E-state index is 0.128. The van der Waals surface area contributed by atoms with Crippen LogP contribution in [0.5, 0.6) is 5.75 Å². The first-order valence-electron chi connectivity index (χ1n) is 7.12. The van der Waals surface area contributed by atoms with Gasteiger partial charge in [0, 0.05) is 13.6 Å². The van der Waals surface area contributed by atoms with Crippen LogP contribution in [-0.4, -0.2) is 64.1 Å². The lowest BCUT2D eigenvalue weighted by Crippen LogP contribution is -2.51. The van der Waals surface area contributed by atoms with E-state index in [2.05, 4.69) is 5.10 Å². The summed E-state index contributed by atoms with van der Waals surface area (Å²) in [5, 5.41) is 13.1. The number of carbonyl (C=O) groups is 2. The average Bonchev–Trinajstić information content (AvgIpc) is 2.70. The Morgan fingerprint density at radius 1 is 1.45 bits per heavy atom. The molecule has 1 fully saturated rings. The van der Waals surface area contributed by atoms with Crippen molar-refractivity contribution in [2.75, 3.05) is 26.4 Å². The standard InChI is InChI=1S/C14H21N3O5/c1-9-14(10(2)16(3)15-9)22-8-12(18)17-4-5-21-7-11(17)6-13(19)20/h11H,4-8H2,1-3H3,(H,19,20). The summed E-state index contributed by atoms with van der Waals surface area (Å²) in [4.78, 5) is 24.7. The molecular weight excluding hydrogens is 290 g/mol. The van der Waals surface area contributed by atoms with Gasteiger partial charge in [-0.3, -0.25) is 14.3 Å². The minimum Gasteiger partial charge on any atom is -0.481 e. The number of morpholine rings is 1. The molecule has 0 bridgehead atoms. The molecule has 1 atom stereocenters. The topological polar surface area (TPSA) is 93.9 Å². The maximum Gasteiger partial charge on any atom is 0.305 e. The summed E-state index contributed by atoms with van der Waals surface area (Å²) < 4.78 is 12.5. The summed E-state index contributed by atoms with van der Waals surface area (Å²) in [5.74, 6) is -0.593. The number of aryl methyl sites for hydroxylation is 2. The Labute approximate surface area is 128 Å². The highest BCUT2D eigenvalue weighted by molar-refractivity contribution is 5.79. The Morgan fingerprint density at radius 3 is 2.77 bits per heavy atom. The van der Waals surface area contributed by atoms with Crippen molar-refractivity contribution in [3.63, 3.8) is 0 Å². The second-order valence-corrected chi connectivity index (χ2v) is 5.33. The van der Waals surface area contributed by atoms with Crippen molar-refractivity contribution in [3.05, 3.63) is 11.4 Å². The molecule has 0 saturated carbocycles. The first-order valence-corrected chi connectivity index (χ1v) is 7.12. The highest BCUT2D eigenvalue weighted by Crippen LogP contribution is 2.21. The molecule has 1 aliphatic rings. The summed E-state index contributed by atoms with van der Waals surface area (Å²) in [6, 6.07) is -0.446. The van der Waals surface area contributed by atoms with Crippen LogP contribution in [0.3, 0.4) is 0 Å². The van der Waals surface area contributed by atoms with E-state index in [4.69, 9.17) is 14.6 Å². The summed E-state index contributed by atoms with van der Waals surface area (Å²) in [6.45, 7) is 4.57. The minimum atomic E-state index is -0.951. The monoisotopic (exact) mass is 311 g/mol. The van der Waals surface area contributed by atoms with Crippen molar-refractivity contribution in [2.45, 2.75) is 26.3 Å². The van der Waals surface area contributed by atoms with E-state index in [1.54, 1.807) is 4.68 Å². The van der Waals surface area contributed by atoms with Crippen LogP contribution in [0.4, 0.5) is 0 Å². The first-order chi connectivity index (χ1) is 10.4. The fourth-order valence-electron chi connectivity index (χ4n) is 2.53. The van der Waals surface area contributed by atoms with E-state index >= 15 is 0 Å². The summed E-state index contributed by atoms with van der Waals surface area (Å²) in [7, 11) is 1.81. The molecule has 0 spiro atoms. The van der Waals surface area contributed by atoms with Crippen molar-refractivity contribution in [2.24, 2.45) is 7.05 Å². The number of rotatable bonds is 5. The van der Waals surface area contributed by atoms with Crippen molar-refractivity contribution in [1.82, 2.24) is 14.7 Å². The van der Waals surface area contributed by atoms with E-state index in [0.717, 1.165) is 11.4 Å². The van der Waals surface area contributed by atoms with Gasteiger partial charge in [0.15, 0.2) is 12.4 Å². The van der Waals surface area contributed by atoms with Gasteiger partial charge >= 0.3 is 5.97 Å². The third-order valence-corrected chi connectivity index (χ3v) is 3.74. The van der Waals surface area contributed by atoms with Gasteiger partial charge in [0.1, 0.15) is 5.69 Å². The van der Waals surface area contributed by atoms with E-state index in [1.807, 2.05) is 20.9 Å². The van der Waals surface area contributed by atoms with Crippen LogP contribution in [0, 0.1) is 13.8 Å². The third-order valence-electron chi connectivity index (χ3n) is 3.74. The van der Waals surface area contributed by atoms with Gasteiger partial charge in [-0.25, -0.2) is 0 Å². The molecule has 22 heavy (non-hydrogen) atoms. The highest BCUT2D eigenvalue weighted by atomic mass is 16.5. The Kier molecular flexibility index (Phi) is 5.02. The average molecular weight is 311 g/mol. The fourth-order valence-corrected chi connectivity index (χ4v) is 2.53. The normalized spacial score (nSPS) is 18.3. The molecule has 1 amide bonds. The van der Waals surface area contributed by atoms with Gasteiger partial charge in [0.05, 0.1) is 31.4 Å². The number of ether oxygens (including phenoxy) is 2. The number of aliphatic carboxylic acids is 1. The SMILES string of the molecule is Cc1nn(C)c(C)c1OCC(=O)N1CCOCC1CC(=O)O. The lowest BCUT2D eigenvalue weighted by molar-refractivity contribution is -0.147. The van der Waals surface area contributed by atoms with Gasteiger partial charge < -0.3 is 19.5 Å². The lowest BCUT2D eigenvalue weighted by Gasteiger charge is -2.34. The highest BCUT2D eigenvalue weighted by Gasteiger charge is 2.29. The first kappa shape index (κ1) is 16.3. The van der Waals surface area contributed by atoms with Gasteiger partial charge in [-0.1, -0.05) is 0 Å². The van der Waals surface area contributed by atoms with E-state index in [9.17, 15) is 9.59 Å². The Bertz CT molecular complexity index is 569.